The number of benzene rings is 1. The Balaban J connectivity index is 1.81. The van der Waals surface area contributed by atoms with Gasteiger partial charge in [0, 0.05) is 6.04 Å². The van der Waals surface area contributed by atoms with Crippen LogP contribution in [0.5, 0.6) is 0 Å². The Morgan fingerprint density at radius 1 is 1.26 bits per heavy atom. The number of imide groups is 1. The van der Waals surface area contributed by atoms with Crippen molar-refractivity contribution in [3.8, 4) is 6.07 Å². The molecule has 1 saturated heterocycles. The molecular weight excluding hydrogens is 242 g/mol. The molecule has 1 heterocycles. The average Bonchev–Trinajstić information content (AvgIpc) is 3.22. The van der Waals surface area contributed by atoms with E-state index in [1.807, 2.05) is 0 Å². The second-order valence-corrected chi connectivity index (χ2v) is 4.89. The Bertz CT molecular complexity index is 587. The van der Waals surface area contributed by atoms with E-state index in [1.54, 1.807) is 29.2 Å². The fourth-order valence-corrected chi connectivity index (χ4v) is 2.33. The fraction of sp³-hybridized carbons (Fsp3) is 0.357. The lowest BCUT2D eigenvalue weighted by molar-refractivity contribution is -0.125. The molecule has 2 fully saturated rings. The number of hydrogen-bond donors (Lipinski definition) is 0. The van der Waals surface area contributed by atoms with Crippen molar-refractivity contribution < 1.29 is 9.59 Å². The Kier molecular flexibility index (Phi) is 2.71. The van der Waals surface area contributed by atoms with E-state index in [4.69, 9.17) is 5.26 Å². The lowest BCUT2D eigenvalue weighted by Crippen LogP contribution is -2.33. The van der Waals surface area contributed by atoms with Gasteiger partial charge in [-0.2, -0.15) is 5.26 Å². The topological polar surface area (TPSA) is 64.4 Å². The number of carbonyl (C=O) groups excluding carboxylic acids is 2. The molecule has 0 N–H and O–H groups in total. The third-order valence-corrected chi connectivity index (χ3v) is 3.54. The number of nitrogens with zero attached hydrogens (tertiary/aromatic N) is 3. The standard InChI is InChI=1S/C14H13N3O2/c15-7-10-3-1-2-4-11(10)8-17-13(18)9-16(14(17)19)12-5-6-12/h1-4,12H,5-6,8-9H2. The van der Waals surface area contributed by atoms with Crippen LogP contribution in [-0.2, 0) is 11.3 Å². The SMILES string of the molecule is N#Cc1ccccc1CN1C(=O)CN(C2CC2)C1=O. The molecule has 5 heteroatoms. The molecule has 0 spiro atoms. The number of nitriles is 1. The van der Waals surface area contributed by atoms with E-state index in [0.717, 1.165) is 12.8 Å². The molecule has 0 unspecified atom stereocenters. The van der Waals surface area contributed by atoms with E-state index < -0.39 is 0 Å². The first-order chi connectivity index (χ1) is 9.20. The zero-order valence-electron chi connectivity index (χ0n) is 10.4. The van der Waals surface area contributed by atoms with Gasteiger partial charge in [-0.05, 0) is 24.5 Å². The lowest BCUT2D eigenvalue weighted by atomic mass is 10.1. The van der Waals surface area contributed by atoms with Crippen LogP contribution in [0.4, 0.5) is 4.79 Å². The van der Waals surface area contributed by atoms with Gasteiger partial charge in [0.05, 0.1) is 18.2 Å². The molecule has 1 aliphatic carbocycles. The van der Waals surface area contributed by atoms with E-state index in [0.29, 0.717) is 11.1 Å². The van der Waals surface area contributed by atoms with Gasteiger partial charge in [-0.1, -0.05) is 18.2 Å². The highest BCUT2D eigenvalue weighted by atomic mass is 16.2. The summed E-state index contributed by atoms with van der Waals surface area (Å²) in [5.74, 6) is -0.176. The van der Waals surface area contributed by atoms with Crippen LogP contribution in [0.15, 0.2) is 24.3 Å². The van der Waals surface area contributed by atoms with Gasteiger partial charge in [0.2, 0.25) is 0 Å². The van der Waals surface area contributed by atoms with Gasteiger partial charge >= 0.3 is 6.03 Å². The van der Waals surface area contributed by atoms with Crippen molar-refractivity contribution in [2.24, 2.45) is 0 Å². The first-order valence-electron chi connectivity index (χ1n) is 6.29. The summed E-state index contributed by atoms with van der Waals surface area (Å²) in [6.07, 6.45) is 1.98. The van der Waals surface area contributed by atoms with E-state index in [-0.39, 0.29) is 31.1 Å². The Morgan fingerprint density at radius 3 is 2.68 bits per heavy atom. The minimum Gasteiger partial charge on any atom is -0.312 e. The largest absolute Gasteiger partial charge is 0.327 e. The Labute approximate surface area is 111 Å². The van der Waals surface area contributed by atoms with Gasteiger partial charge in [0.15, 0.2) is 0 Å². The highest BCUT2D eigenvalue weighted by Crippen LogP contribution is 2.30. The van der Waals surface area contributed by atoms with Crippen LogP contribution < -0.4 is 0 Å². The predicted molar refractivity (Wildman–Crippen MR) is 66.8 cm³/mol. The van der Waals surface area contributed by atoms with E-state index in [1.165, 1.54) is 4.90 Å². The highest BCUT2D eigenvalue weighted by molar-refractivity contribution is 6.02. The highest BCUT2D eigenvalue weighted by Gasteiger charge is 2.43. The van der Waals surface area contributed by atoms with E-state index in [2.05, 4.69) is 6.07 Å². The number of hydrogen-bond acceptors (Lipinski definition) is 3. The number of rotatable bonds is 3. The summed E-state index contributed by atoms with van der Waals surface area (Å²) in [5.41, 5.74) is 1.22. The number of carbonyl (C=O) groups is 2. The van der Waals surface area contributed by atoms with Crippen LogP contribution in [0, 0.1) is 11.3 Å². The van der Waals surface area contributed by atoms with Crippen molar-refractivity contribution in [1.82, 2.24) is 9.80 Å². The normalized spacial score (nSPS) is 18.9. The third kappa shape index (κ3) is 2.06. The molecule has 3 amide bonds. The van der Waals surface area contributed by atoms with Crippen molar-refractivity contribution >= 4 is 11.9 Å². The van der Waals surface area contributed by atoms with Crippen LogP contribution in [0.3, 0.4) is 0 Å². The van der Waals surface area contributed by atoms with Crippen LogP contribution in [-0.4, -0.2) is 34.3 Å². The first kappa shape index (κ1) is 11.7. The van der Waals surface area contributed by atoms with Gasteiger partial charge in [-0.25, -0.2) is 4.79 Å². The lowest BCUT2D eigenvalue weighted by Gasteiger charge is -2.17. The van der Waals surface area contributed by atoms with Crippen molar-refractivity contribution in [3.63, 3.8) is 0 Å². The number of amides is 3. The zero-order chi connectivity index (χ0) is 13.4. The Hall–Kier alpha value is -2.35. The Morgan fingerprint density at radius 2 is 2.00 bits per heavy atom. The van der Waals surface area contributed by atoms with E-state index in [9.17, 15) is 9.59 Å². The summed E-state index contributed by atoms with van der Waals surface area (Å²) in [7, 11) is 0. The summed E-state index contributed by atoms with van der Waals surface area (Å²) >= 11 is 0. The molecule has 96 valence electrons. The van der Waals surface area contributed by atoms with E-state index >= 15 is 0 Å². The predicted octanol–water partition coefficient (Wildman–Crippen LogP) is 1.48. The molecule has 2 aliphatic rings. The van der Waals surface area contributed by atoms with Crippen LogP contribution >= 0.6 is 0 Å². The fourth-order valence-electron chi connectivity index (χ4n) is 2.33. The molecule has 0 aromatic heterocycles. The minimum atomic E-state index is -0.222. The van der Waals surface area contributed by atoms with Crippen molar-refractivity contribution in [1.29, 1.82) is 5.26 Å². The third-order valence-electron chi connectivity index (χ3n) is 3.54. The molecule has 0 radical (unpaired) electrons. The van der Waals surface area contributed by atoms with Crippen LogP contribution in [0.2, 0.25) is 0 Å². The number of urea groups is 1. The summed E-state index contributed by atoms with van der Waals surface area (Å²) in [5, 5.41) is 9.03. The van der Waals surface area contributed by atoms with Gasteiger partial charge in [0.1, 0.15) is 6.54 Å². The average molecular weight is 255 g/mol. The van der Waals surface area contributed by atoms with Crippen LogP contribution in [0.1, 0.15) is 24.0 Å². The summed E-state index contributed by atoms with van der Waals surface area (Å²) in [6, 6.07) is 9.15. The first-order valence-corrected chi connectivity index (χ1v) is 6.29. The van der Waals surface area contributed by atoms with Gasteiger partial charge in [-0.3, -0.25) is 9.69 Å². The molecular formula is C14H13N3O2. The molecule has 0 bridgehead atoms. The second kappa shape index (κ2) is 4.39. The summed E-state index contributed by atoms with van der Waals surface area (Å²) < 4.78 is 0. The summed E-state index contributed by atoms with van der Waals surface area (Å²) in [4.78, 5) is 26.9. The van der Waals surface area contributed by atoms with Crippen molar-refractivity contribution in [2.45, 2.75) is 25.4 Å². The molecule has 1 saturated carbocycles. The maximum Gasteiger partial charge on any atom is 0.327 e. The molecule has 0 atom stereocenters. The maximum atomic E-state index is 12.1. The molecule has 3 rings (SSSR count). The van der Waals surface area contributed by atoms with Gasteiger partial charge < -0.3 is 4.90 Å². The monoisotopic (exact) mass is 255 g/mol. The smallest absolute Gasteiger partial charge is 0.312 e. The van der Waals surface area contributed by atoms with Crippen molar-refractivity contribution in [2.75, 3.05) is 6.54 Å². The molecule has 19 heavy (non-hydrogen) atoms. The zero-order valence-corrected chi connectivity index (χ0v) is 10.4. The van der Waals surface area contributed by atoms with Crippen LogP contribution in [0.25, 0.3) is 0 Å². The van der Waals surface area contributed by atoms with Gasteiger partial charge in [-0.15, -0.1) is 0 Å². The molecule has 5 nitrogen and oxygen atoms in total. The molecule has 1 aromatic rings. The van der Waals surface area contributed by atoms with Crippen molar-refractivity contribution in [3.05, 3.63) is 35.4 Å². The minimum absolute atomic E-state index is 0.176. The van der Waals surface area contributed by atoms with Gasteiger partial charge in [0.25, 0.3) is 5.91 Å². The quantitative estimate of drug-likeness (QED) is 0.768. The summed E-state index contributed by atoms with van der Waals surface area (Å²) in [6.45, 7) is 0.364. The second-order valence-electron chi connectivity index (χ2n) is 4.89. The molecule has 1 aliphatic heterocycles. The molecule has 1 aromatic carbocycles. The maximum absolute atomic E-state index is 12.1.